The number of aromatic amines is 1. The number of benzene rings is 1. The number of nitrogen functional groups attached to an aromatic ring is 1. The molecule has 0 aliphatic rings. The van der Waals surface area contributed by atoms with Crippen molar-refractivity contribution in [3.63, 3.8) is 0 Å². The first-order valence-corrected chi connectivity index (χ1v) is 9.13. The van der Waals surface area contributed by atoms with Gasteiger partial charge in [0.05, 0.1) is 6.10 Å². The highest BCUT2D eigenvalue weighted by Crippen LogP contribution is 2.25. The lowest BCUT2D eigenvalue weighted by atomic mass is 10.1. The molecule has 0 spiro atoms. The molecular weight excluding hydrogens is 372 g/mol. The molecule has 5 N–H and O–H groups in total. The fourth-order valence-electron chi connectivity index (χ4n) is 3.12. The van der Waals surface area contributed by atoms with Crippen LogP contribution in [0.1, 0.15) is 51.7 Å². The summed E-state index contributed by atoms with van der Waals surface area (Å²) < 4.78 is 5.33. The fraction of sp³-hybridized carbons (Fsp3) is 0.300. The maximum Gasteiger partial charge on any atom is 0.355 e. The standard InChI is InChI=1S/C20H24N6O3/c1-10-5-7-14(8-6-10)23-20-25-15(24-19(21)26-20)9-29-18(28)17-11(2)16(13(4)27)12(3)22-17/h5-8,13,22,27H,9H2,1-4H3,(H3,21,23,24,25,26)/t13-/m0/s1. The summed E-state index contributed by atoms with van der Waals surface area (Å²) in [4.78, 5) is 27.8. The minimum Gasteiger partial charge on any atom is -0.453 e. The predicted molar refractivity (Wildman–Crippen MR) is 109 cm³/mol. The smallest absolute Gasteiger partial charge is 0.355 e. The molecule has 29 heavy (non-hydrogen) atoms. The summed E-state index contributed by atoms with van der Waals surface area (Å²) in [6.45, 7) is 7.02. The van der Waals surface area contributed by atoms with Crippen LogP contribution in [0.4, 0.5) is 17.6 Å². The van der Waals surface area contributed by atoms with E-state index in [0.717, 1.165) is 16.9 Å². The SMILES string of the molecule is Cc1ccc(Nc2nc(N)nc(COC(=O)c3[nH]c(C)c([C@H](C)O)c3C)n2)cc1. The Morgan fingerprint density at radius 1 is 1.21 bits per heavy atom. The molecule has 0 unspecified atom stereocenters. The van der Waals surface area contributed by atoms with E-state index < -0.39 is 12.1 Å². The zero-order chi connectivity index (χ0) is 21.1. The number of carbonyl (C=O) groups is 1. The van der Waals surface area contributed by atoms with E-state index in [1.165, 1.54) is 0 Å². The van der Waals surface area contributed by atoms with E-state index in [0.29, 0.717) is 16.8 Å². The molecule has 2 aromatic heterocycles. The van der Waals surface area contributed by atoms with Gasteiger partial charge in [-0.1, -0.05) is 17.7 Å². The number of nitrogens with one attached hydrogen (secondary N) is 2. The molecule has 0 fully saturated rings. The van der Waals surface area contributed by atoms with Crippen LogP contribution in [0.25, 0.3) is 0 Å². The first-order chi connectivity index (χ1) is 13.7. The lowest BCUT2D eigenvalue weighted by molar-refractivity contribution is 0.0455. The molecule has 3 rings (SSSR count). The molecule has 0 radical (unpaired) electrons. The van der Waals surface area contributed by atoms with Gasteiger partial charge in [0.2, 0.25) is 11.9 Å². The van der Waals surface area contributed by atoms with Gasteiger partial charge in [0, 0.05) is 16.9 Å². The highest BCUT2D eigenvalue weighted by atomic mass is 16.5. The number of hydrogen-bond acceptors (Lipinski definition) is 8. The Kier molecular flexibility index (Phi) is 5.79. The maximum absolute atomic E-state index is 12.5. The van der Waals surface area contributed by atoms with Gasteiger partial charge in [-0.25, -0.2) is 4.79 Å². The molecular formula is C20H24N6O3. The first-order valence-electron chi connectivity index (χ1n) is 9.13. The molecule has 0 aliphatic carbocycles. The van der Waals surface area contributed by atoms with Crippen LogP contribution in [0.5, 0.6) is 0 Å². The third-order valence-electron chi connectivity index (χ3n) is 4.46. The van der Waals surface area contributed by atoms with Crippen LogP contribution in [-0.4, -0.2) is 31.0 Å². The number of aromatic nitrogens is 4. The molecule has 0 amide bonds. The van der Waals surface area contributed by atoms with Crippen molar-refractivity contribution in [2.75, 3.05) is 11.1 Å². The second kappa shape index (κ2) is 8.27. The molecule has 0 saturated carbocycles. The van der Waals surface area contributed by atoms with Crippen molar-refractivity contribution in [2.24, 2.45) is 0 Å². The minimum atomic E-state index is -0.688. The zero-order valence-electron chi connectivity index (χ0n) is 16.8. The average molecular weight is 396 g/mol. The van der Waals surface area contributed by atoms with Gasteiger partial charge in [-0.15, -0.1) is 0 Å². The monoisotopic (exact) mass is 396 g/mol. The molecule has 1 atom stereocenters. The molecule has 0 bridgehead atoms. The number of nitrogens with zero attached hydrogens (tertiary/aromatic N) is 3. The van der Waals surface area contributed by atoms with Gasteiger partial charge in [-0.05, 0) is 45.4 Å². The molecule has 1 aromatic carbocycles. The van der Waals surface area contributed by atoms with Crippen molar-refractivity contribution in [1.29, 1.82) is 0 Å². The summed E-state index contributed by atoms with van der Waals surface area (Å²) in [7, 11) is 0. The number of rotatable bonds is 6. The normalized spacial score (nSPS) is 11.9. The summed E-state index contributed by atoms with van der Waals surface area (Å²) in [6, 6.07) is 7.70. The number of anilines is 3. The fourth-order valence-corrected chi connectivity index (χ4v) is 3.12. The lowest BCUT2D eigenvalue weighted by Crippen LogP contribution is -2.12. The largest absolute Gasteiger partial charge is 0.453 e. The number of aliphatic hydroxyl groups excluding tert-OH is 1. The topological polar surface area (TPSA) is 139 Å². The third-order valence-corrected chi connectivity index (χ3v) is 4.46. The second-order valence-electron chi connectivity index (χ2n) is 6.84. The van der Waals surface area contributed by atoms with Crippen molar-refractivity contribution in [3.05, 3.63) is 58.2 Å². The Hall–Kier alpha value is -3.46. The van der Waals surface area contributed by atoms with Crippen LogP contribution in [0, 0.1) is 20.8 Å². The first kappa shape index (κ1) is 20.3. The van der Waals surface area contributed by atoms with Crippen molar-refractivity contribution in [3.8, 4) is 0 Å². The Labute approximate surface area is 168 Å². The van der Waals surface area contributed by atoms with E-state index in [4.69, 9.17) is 10.5 Å². The lowest BCUT2D eigenvalue weighted by Gasteiger charge is -2.08. The number of ether oxygens (including phenoxy) is 1. The van der Waals surface area contributed by atoms with Gasteiger partial charge in [0.15, 0.2) is 12.4 Å². The van der Waals surface area contributed by atoms with Gasteiger partial charge in [0.1, 0.15) is 5.69 Å². The van der Waals surface area contributed by atoms with Crippen molar-refractivity contribution in [2.45, 2.75) is 40.4 Å². The Bertz CT molecular complexity index is 1030. The van der Waals surface area contributed by atoms with Crippen molar-refractivity contribution < 1.29 is 14.6 Å². The quantitative estimate of drug-likeness (QED) is 0.466. The molecule has 9 heteroatoms. The average Bonchev–Trinajstić information content (AvgIpc) is 2.95. The van der Waals surface area contributed by atoms with E-state index in [1.54, 1.807) is 20.8 Å². The number of nitrogens with two attached hydrogens (primary N) is 1. The van der Waals surface area contributed by atoms with E-state index in [9.17, 15) is 9.90 Å². The zero-order valence-corrected chi connectivity index (χ0v) is 16.8. The Morgan fingerprint density at radius 3 is 2.52 bits per heavy atom. The minimum absolute atomic E-state index is 0.0175. The highest BCUT2D eigenvalue weighted by Gasteiger charge is 2.21. The number of esters is 1. The molecule has 0 aliphatic heterocycles. The van der Waals surface area contributed by atoms with Crippen molar-refractivity contribution >= 4 is 23.6 Å². The summed E-state index contributed by atoms with van der Waals surface area (Å²) in [5, 5.41) is 12.9. The Balaban J connectivity index is 1.72. The van der Waals surface area contributed by atoms with E-state index in [1.807, 2.05) is 31.2 Å². The van der Waals surface area contributed by atoms with Crippen LogP contribution in [0.3, 0.4) is 0 Å². The summed E-state index contributed by atoms with van der Waals surface area (Å²) >= 11 is 0. The highest BCUT2D eigenvalue weighted by molar-refractivity contribution is 5.89. The van der Waals surface area contributed by atoms with Gasteiger partial charge in [-0.3, -0.25) is 0 Å². The number of aryl methyl sites for hydroxylation is 2. The van der Waals surface area contributed by atoms with Crippen LogP contribution in [0.2, 0.25) is 0 Å². The van der Waals surface area contributed by atoms with Crippen LogP contribution >= 0.6 is 0 Å². The van der Waals surface area contributed by atoms with Crippen LogP contribution in [-0.2, 0) is 11.3 Å². The van der Waals surface area contributed by atoms with Gasteiger partial charge in [0.25, 0.3) is 0 Å². The Morgan fingerprint density at radius 2 is 1.90 bits per heavy atom. The number of aliphatic hydroxyl groups is 1. The number of H-pyrrole nitrogens is 1. The molecule has 0 saturated heterocycles. The molecule has 2 heterocycles. The van der Waals surface area contributed by atoms with Crippen LogP contribution < -0.4 is 11.1 Å². The van der Waals surface area contributed by atoms with Gasteiger partial charge in [-0.2, -0.15) is 15.0 Å². The molecule has 3 aromatic rings. The third kappa shape index (κ3) is 4.69. The van der Waals surface area contributed by atoms with Gasteiger partial charge < -0.3 is 25.9 Å². The van der Waals surface area contributed by atoms with Crippen molar-refractivity contribution in [1.82, 2.24) is 19.9 Å². The number of carbonyl (C=O) groups excluding carboxylic acids is 1. The number of hydrogen-bond donors (Lipinski definition) is 4. The van der Waals surface area contributed by atoms with E-state index in [2.05, 4.69) is 25.3 Å². The molecule has 152 valence electrons. The maximum atomic E-state index is 12.5. The summed E-state index contributed by atoms with van der Waals surface area (Å²) in [6.07, 6.45) is -0.688. The van der Waals surface area contributed by atoms with Crippen LogP contribution in [0.15, 0.2) is 24.3 Å². The van der Waals surface area contributed by atoms with E-state index >= 15 is 0 Å². The second-order valence-corrected chi connectivity index (χ2v) is 6.84. The summed E-state index contributed by atoms with van der Waals surface area (Å²) in [5.74, 6) is -0.0682. The summed E-state index contributed by atoms with van der Waals surface area (Å²) in [5.41, 5.74) is 10.0. The molecule has 9 nitrogen and oxygen atoms in total. The van der Waals surface area contributed by atoms with E-state index in [-0.39, 0.29) is 24.3 Å². The predicted octanol–water partition coefficient (Wildman–Crippen LogP) is 2.86. The van der Waals surface area contributed by atoms with Gasteiger partial charge >= 0.3 is 5.97 Å².